The molecule has 3 N–H and O–H groups in total. The normalized spacial score (nSPS) is 16.5. The number of aliphatic hydroxyl groups excluding tert-OH is 1. The van der Waals surface area contributed by atoms with Gasteiger partial charge in [-0.1, -0.05) is 17.7 Å². The smallest absolute Gasteiger partial charge is 0.393 e. The Kier molecular flexibility index (Phi) is 6.59. The first-order chi connectivity index (χ1) is 14.5. The number of alkyl halides is 3. The van der Waals surface area contributed by atoms with Gasteiger partial charge >= 0.3 is 12.2 Å². The third-order valence-electron chi connectivity index (χ3n) is 5.03. The monoisotopic (exact) mass is 455 g/mol. The summed E-state index contributed by atoms with van der Waals surface area (Å²) in [7, 11) is 0. The fourth-order valence-electron chi connectivity index (χ4n) is 3.07. The van der Waals surface area contributed by atoms with Gasteiger partial charge in [0.05, 0.1) is 22.9 Å². The average molecular weight is 456 g/mol. The maximum absolute atomic E-state index is 12.6. The molecule has 0 saturated heterocycles. The van der Waals surface area contributed by atoms with Crippen molar-refractivity contribution in [1.82, 2.24) is 9.88 Å². The van der Waals surface area contributed by atoms with Crippen molar-refractivity contribution in [2.45, 2.75) is 25.1 Å². The van der Waals surface area contributed by atoms with Crippen molar-refractivity contribution in [2.24, 2.45) is 0 Å². The number of nitrogens with zero attached hydrogens (tertiary/aromatic N) is 2. The van der Waals surface area contributed by atoms with Crippen LogP contribution in [0.15, 0.2) is 42.6 Å². The van der Waals surface area contributed by atoms with Gasteiger partial charge in [-0.25, -0.2) is 4.79 Å². The Bertz CT molecular complexity index is 992. The van der Waals surface area contributed by atoms with Gasteiger partial charge in [0.25, 0.3) is 0 Å². The number of pyridine rings is 1. The maximum atomic E-state index is 12.6. The predicted octanol–water partition coefficient (Wildman–Crippen LogP) is 4.27. The third kappa shape index (κ3) is 5.36. The van der Waals surface area contributed by atoms with Crippen molar-refractivity contribution in [2.75, 3.05) is 25.0 Å². The Morgan fingerprint density at radius 2 is 1.94 bits per heavy atom. The topological polar surface area (TPSA) is 85.7 Å². The summed E-state index contributed by atoms with van der Waals surface area (Å²) in [4.78, 5) is 18.2. The van der Waals surface area contributed by atoms with Crippen molar-refractivity contribution < 1.29 is 28.2 Å². The molecule has 2 heterocycles. The number of carbonyl (C=O) groups excluding carboxylic acids is 1. The third-order valence-corrected chi connectivity index (χ3v) is 5.32. The first-order valence-corrected chi connectivity index (χ1v) is 9.81. The summed E-state index contributed by atoms with van der Waals surface area (Å²) in [5, 5.41) is 22.3. The van der Waals surface area contributed by atoms with Crippen LogP contribution in [0.25, 0.3) is 5.57 Å². The lowest BCUT2D eigenvalue weighted by Gasteiger charge is -2.27. The highest BCUT2D eigenvalue weighted by Gasteiger charge is 2.30. The maximum Gasteiger partial charge on any atom is 0.416 e. The van der Waals surface area contributed by atoms with Crippen LogP contribution >= 0.6 is 11.6 Å². The Hall–Kier alpha value is -2.62. The summed E-state index contributed by atoms with van der Waals surface area (Å²) in [6.45, 7) is 1.62. The quantitative estimate of drug-likeness (QED) is 0.642. The van der Waals surface area contributed by atoms with Crippen molar-refractivity contribution in [3.8, 4) is 0 Å². The first kappa shape index (κ1) is 23.1. The number of hydrogen-bond donors (Lipinski definition) is 3. The number of halogens is 4. The molecule has 0 fully saturated rings. The Morgan fingerprint density at radius 3 is 2.45 bits per heavy atom. The van der Waals surface area contributed by atoms with Gasteiger partial charge < -0.3 is 20.4 Å². The van der Waals surface area contributed by atoms with Crippen molar-refractivity contribution >= 4 is 28.9 Å². The SMILES string of the molecule is CC(O)(CO)c1cnc(C2=CCN(C(=O)Nc3ccc(C(F)(F)F)cc3)CC2)c(Cl)c1. The summed E-state index contributed by atoms with van der Waals surface area (Å²) in [6, 6.07) is 5.36. The Morgan fingerprint density at radius 1 is 1.26 bits per heavy atom. The van der Waals surface area contributed by atoms with Crippen LogP contribution in [-0.4, -0.2) is 45.8 Å². The number of nitrogens with one attached hydrogen (secondary N) is 1. The first-order valence-electron chi connectivity index (χ1n) is 9.43. The summed E-state index contributed by atoms with van der Waals surface area (Å²) in [6.07, 6.45) is -0.712. The second kappa shape index (κ2) is 8.86. The molecule has 1 aliphatic heterocycles. The van der Waals surface area contributed by atoms with Crippen LogP contribution in [-0.2, 0) is 11.8 Å². The molecular weight excluding hydrogens is 435 g/mol. The van der Waals surface area contributed by atoms with Crippen LogP contribution < -0.4 is 5.32 Å². The summed E-state index contributed by atoms with van der Waals surface area (Å²) >= 11 is 6.31. The number of aliphatic hydroxyl groups is 2. The van der Waals surface area contributed by atoms with E-state index >= 15 is 0 Å². The van der Waals surface area contributed by atoms with Crippen molar-refractivity contribution in [3.05, 3.63) is 64.4 Å². The Balaban J connectivity index is 1.65. The molecule has 2 aromatic rings. The number of hydrogen-bond acceptors (Lipinski definition) is 4. The lowest BCUT2D eigenvalue weighted by Crippen LogP contribution is -2.38. The van der Waals surface area contributed by atoms with E-state index in [9.17, 15) is 28.2 Å². The number of carbonyl (C=O) groups is 1. The van der Waals surface area contributed by atoms with E-state index in [0.717, 1.165) is 17.7 Å². The molecular formula is C21H21ClF3N3O3. The molecule has 0 saturated carbocycles. The molecule has 1 aromatic heterocycles. The van der Waals surface area contributed by atoms with Gasteiger partial charge in [-0.3, -0.25) is 4.98 Å². The summed E-state index contributed by atoms with van der Waals surface area (Å²) in [5.41, 5.74) is -0.224. The highest BCUT2D eigenvalue weighted by Crippen LogP contribution is 2.31. The van der Waals surface area contributed by atoms with Gasteiger partial charge in [0.1, 0.15) is 5.60 Å². The van der Waals surface area contributed by atoms with Gasteiger partial charge in [0, 0.05) is 30.5 Å². The molecule has 6 nitrogen and oxygen atoms in total. The standard InChI is InChI=1S/C21H21ClF3N3O3/c1-20(31,12-29)15-10-17(22)18(26-11-15)13-6-8-28(9-7-13)19(30)27-16-4-2-14(3-5-16)21(23,24)25/h2-6,10-11,29,31H,7-9,12H2,1H3,(H,27,30). The van der Waals surface area contributed by atoms with E-state index < -0.39 is 30.0 Å². The van der Waals surface area contributed by atoms with Gasteiger partial charge in [-0.2, -0.15) is 13.2 Å². The minimum atomic E-state index is -4.43. The van der Waals surface area contributed by atoms with Crippen LogP contribution in [0.5, 0.6) is 0 Å². The van der Waals surface area contributed by atoms with Crippen LogP contribution in [0, 0.1) is 0 Å². The zero-order valence-corrected chi connectivity index (χ0v) is 17.3. The number of rotatable bonds is 4. The van der Waals surface area contributed by atoms with Crippen molar-refractivity contribution in [3.63, 3.8) is 0 Å². The molecule has 1 atom stereocenters. The van der Waals surface area contributed by atoms with E-state index in [1.807, 2.05) is 0 Å². The molecule has 3 rings (SSSR count). The van der Waals surface area contributed by atoms with E-state index in [1.165, 1.54) is 30.2 Å². The van der Waals surface area contributed by atoms with Crippen LogP contribution in [0.1, 0.15) is 30.2 Å². The molecule has 0 aliphatic carbocycles. The molecule has 0 radical (unpaired) electrons. The molecule has 31 heavy (non-hydrogen) atoms. The summed E-state index contributed by atoms with van der Waals surface area (Å²) in [5.74, 6) is 0. The van der Waals surface area contributed by atoms with Crippen LogP contribution in [0.4, 0.5) is 23.7 Å². The minimum absolute atomic E-state index is 0.268. The fraction of sp³-hybridized carbons (Fsp3) is 0.333. The van der Waals surface area contributed by atoms with Gasteiger partial charge in [0.15, 0.2) is 0 Å². The Labute approximate surface area is 182 Å². The molecule has 2 amide bonds. The predicted molar refractivity (Wildman–Crippen MR) is 111 cm³/mol. The van der Waals surface area contributed by atoms with Gasteiger partial charge in [-0.15, -0.1) is 0 Å². The minimum Gasteiger partial charge on any atom is -0.393 e. The lowest BCUT2D eigenvalue weighted by atomic mass is 9.97. The average Bonchev–Trinajstić information content (AvgIpc) is 2.73. The van der Waals surface area contributed by atoms with Crippen LogP contribution in [0.3, 0.4) is 0 Å². The number of benzene rings is 1. The molecule has 10 heteroatoms. The number of anilines is 1. The molecule has 1 aliphatic rings. The molecule has 166 valence electrons. The van der Waals surface area contributed by atoms with Crippen LogP contribution in [0.2, 0.25) is 5.02 Å². The molecule has 0 bridgehead atoms. The number of urea groups is 1. The second-order valence-electron chi connectivity index (χ2n) is 7.42. The fourth-order valence-corrected chi connectivity index (χ4v) is 3.36. The molecule has 1 unspecified atom stereocenters. The number of amides is 2. The molecule has 0 spiro atoms. The van der Waals surface area contributed by atoms with E-state index in [0.29, 0.717) is 29.2 Å². The van der Waals surface area contributed by atoms with Gasteiger partial charge in [-0.05, 0) is 49.2 Å². The summed E-state index contributed by atoms with van der Waals surface area (Å²) < 4.78 is 37.9. The highest BCUT2D eigenvalue weighted by molar-refractivity contribution is 6.32. The second-order valence-corrected chi connectivity index (χ2v) is 7.82. The molecule has 1 aromatic carbocycles. The van der Waals surface area contributed by atoms with E-state index in [1.54, 1.807) is 12.1 Å². The number of aromatic nitrogens is 1. The lowest BCUT2D eigenvalue weighted by molar-refractivity contribution is -0.137. The zero-order chi connectivity index (χ0) is 22.8. The van der Waals surface area contributed by atoms with E-state index in [4.69, 9.17) is 11.6 Å². The van der Waals surface area contributed by atoms with Crippen molar-refractivity contribution in [1.29, 1.82) is 0 Å². The highest BCUT2D eigenvalue weighted by atomic mass is 35.5. The zero-order valence-electron chi connectivity index (χ0n) is 16.6. The van der Waals surface area contributed by atoms with E-state index in [-0.39, 0.29) is 12.2 Å². The largest absolute Gasteiger partial charge is 0.416 e. The van der Waals surface area contributed by atoms with E-state index in [2.05, 4.69) is 10.3 Å². The van der Waals surface area contributed by atoms with Gasteiger partial charge in [0.2, 0.25) is 0 Å².